The van der Waals surface area contributed by atoms with Crippen LogP contribution in [-0.2, 0) is 6.54 Å². The van der Waals surface area contributed by atoms with Gasteiger partial charge in [0.2, 0.25) is 0 Å². The zero-order valence-corrected chi connectivity index (χ0v) is 9.90. The first-order valence-corrected chi connectivity index (χ1v) is 5.71. The van der Waals surface area contributed by atoms with E-state index in [4.69, 9.17) is 0 Å². The number of rotatable bonds is 2. The molecule has 5 heteroatoms. The molecule has 2 N–H and O–H groups in total. The van der Waals surface area contributed by atoms with Gasteiger partial charge < -0.3 is 10.3 Å². The summed E-state index contributed by atoms with van der Waals surface area (Å²) >= 11 is 0. The molecule has 0 atom stereocenters. The minimum Gasteiger partial charge on any atom is -0.313 e. The molecule has 3 aromatic rings. The Hall–Kier alpha value is -2.27. The van der Waals surface area contributed by atoms with E-state index in [2.05, 4.69) is 20.3 Å². The number of hydrogen-bond donors (Lipinski definition) is 2. The summed E-state index contributed by atoms with van der Waals surface area (Å²) in [5.74, 6) is 0.595. The fourth-order valence-corrected chi connectivity index (χ4v) is 1.96. The molecule has 0 unspecified atom stereocenters. The lowest BCUT2D eigenvalue weighted by molar-refractivity contribution is 0.758. The highest BCUT2D eigenvalue weighted by Crippen LogP contribution is 2.15. The number of fused-ring (bicyclic) bond motifs is 2. The molecule has 90 valence electrons. The summed E-state index contributed by atoms with van der Waals surface area (Å²) in [6, 6.07) is 9.51. The van der Waals surface area contributed by atoms with Gasteiger partial charge in [-0.25, -0.2) is 9.97 Å². The zero-order chi connectivity index (χ0) is 12.5. The van der Waals surface area contributed by atoms with E-state index >= 15 is 0 Å². The van der Waals surface area contributed by atoms with Crippen LogP contribution in [0.2, 0.25) is 0 Å². The Bertz CT molecular complexity index is 779. The molecule has 0 bridgehead atoms. The minimum absolute atomic E-state index is 0.150. The van der Waals surface area contributed by atoms with Gasteiger partial charge in [0, 0.05) is 5.39 Å². The van der Waals surface area contributed by atoms with Crippen molar-refractivity contribution < 1.29 is 0 Å². The molecule has 0 radical (unpaired) electrons. The zero-order valence-electron chi connectivity index (χ0n) is 9.90. The van der Waals surface area contributed by atoms with E-state index in [1.165, 1.54) is 0 Å². The third-order valence-corrected chi connectivity index (χ3v) is 2.79. The Kier molecular flexibility index (Phi) is 2.53. The number of nitrogens with one attached hydrogen (secondary N) is 2. The van der Waals surface area contributed by atoms with Crippen LogP contribution in [-0.4, -0.2) is 22.0 Å². The molecule has 0 aliphatic rings. The Morgan fingerprint density at radius 1 is 1.28 bits per heavy atom. The third-order valence-electron chi connectivity index (χ3n) is 2.79. The van der Waals surface area contributed by atoms with Crippen molar-refractivity contribution in [3.05, 3.63) is 46.5 Å². The van der Waals surface area contributed by atoms with Crippen LogP contribution in [0.1, 0.15) is 5.82 Å². The smallest absolute Gasteiger partial charge is 0.260 e. The topological polar surface area (TPSA) is 70.7 Å². The van der Waals surface area contributed by atoms with E-state index in [0.717, 1.165) is 10.9 Å². The average molecular weight is 240 g/mol. The third kappa shape index (κ3) is 1.74. The fourth-order valence-electron chi connectivity index (χ4n) is 1.96. The molecule has 1 aromatic carbocycles. The highest BCUT2D eigenvalue weighted by molar-refractivity contribution is 5.90. The van der Waals surface area contributed by atoms with Gasteiger partial charge in [-0.05, 0) is 19.2 Å². The van der Waals surface area contributed by atoms with Crippen molar-refractivity contribution in [2.45, 2.75) is 6.54 Å². The van der Waals surface area contributed by atoms with E-state index in [0.29, 0.717) is 23.4 Å². The molecular weight excluding hydrogens is 228 g/mol. The van der Waals surface area contributed by atoms with E-state index < -0.39 is 0 Å². The van der Waals surface area contributed by atoms with Crippen molar-refractivity contribution in [3.8, 4) is 0 Å². The van der Waals surface area contributed by atoms with Crippen LogP contribution in [0.4, 0.5) is 0 Å². The predicted octanol–water partition coefficient (Wildman–Crippen LogP) is 1.19. The highest BCUT2D eigenvalue weighted by Gasteiger charge is 2.06. The Morgan fingerprint density at radius 2 is 2.11 bits per heavy atom. The quantitative estimate of drug-likeness (QED) is 0.660. The Labute approximate surface area is 103 Å². The van der Waals surface area contributed by atoms with Crippen LogP contribution in [0, 0.1) is 0 Å². The number of aromatic amines is 1. The monoisotopic (exact) mass is 240 g/mol. The van der Waals surface area contributed by atoms with Gasteiger partial charge in [-0.3, -0.25) is 4.79 Å². The maximum absolute atomic E-state index is 12.0. The van der Waals surface area contributed by atoms with Crippen LogP contribution in [0.3, 0.4) is 0 Å². The second-order valence-electron chi connectivity index (χ2n) is 4.10. The van der Waals surface area contributed by atoms with E-state index in [1.807, 2.05) is 30.3 Å². The summed E-state index contributed by atoms with van der Waals surface area (Å²) in [4.78, 5) is 23.5. The molecular formula is C13H12N4O. The summed E-state index contributed by atoms with van der Waals surface area (Å²) in [5, 5.41) is 4.42. The summed E-state index contributed by atoms with van der Waals surface area (Å²) in [6.45, 7) is 0.514. The van der Waals surface area contributed by atoms with Crippen LogP contribution in [0.15, 0.2) is 35.1 Å². The number of H-pyrrole nitrogens is 1. The minimum atomic E-state index is -0.150. The lowest BCUT2D eigenvalue weighted by Crippen LogP contribution is -2.17. The molecule has 3 rings (SSSR count). The predicted molar refractivity (Wildman–Crippen MR) is 70.4 cm³/mol. The number of pyridine rings is 1. The molecule has 0 fully saturated rings. The summed E-state index contributed by atoms with van der Waals surface area (Å²) in [7, 11) is 1.80. The first-order chi connectivity index (χ1) is 8.78. The first kappa shape index (κ1) is 10.9. The van der Waals surface area contributed by atoms with Crippen molar-refractivity contribution in [1.29, 1.82) is 0 Å². The SMILES string of the molecule is CNCc1nc2nc3ccccc3cc2c(=O)[nH]1. The number of benzene rings is 1. The highest BCUT2D eigenvalue weighted by atomic mass is 16.1. The summed E-state index contributed by atoms with van der Waals surface area (Å²) < 4.78 is 0. The van der Waals surface area contributed by atoms with Gasteiger partial charge in [0.15, 0.2) is 5.65 Å². The average Bonchev–Trinajstić information content (AvgIpc) is 2.37. The molecule has 0 amide bonds. The van der Waals surface area contributed by atoms with Crippen LogP contribution >= 0.6 is 0 Å². The fraction of sp³-hybridized carbons (Fsp3) is 0.154. The number of para-hydroxylation sites is 1. The van der Waals surface area contributed by atoms with E-state index in [9.17, 15) is 4.79 Å². The largest absolute Gasteiger partial charge is 0.313 e. The van der Waals surface area contributed by atoms with Crippen LogP contribution in [0.5, 0.6) is 0 Å². The van der Waals surface area contributed by atoms with Gasteiger partial charge in [-0.15, -0.1) is 0 Å². The van der Waals surface area contributed by atoms with Crippen molar-refractivity contribution in [2.75, 3.05) is 7.05 Å². The number of aromatic nitrogens is 3. The number of hydrogen-bond acceptors (Lipinski definition) is 4. The second kappa shape index (κ2) is 4.19. The van der Waals surface area contributed by atoms with Gasteiger partial charge in [0.25, 0.3) is 5.56 Å². The molecule has 0 spiro atoms. The van der Waals surface area contributed by atoms with Gasteiger partial charge in [0.05, 0.1) is 17.4 Å². The molecule has 5 nitrogen and oxygen atoms in total. The maximum atomic E-state index is 12.0. The second-order valence-corrected chi connectivity index (χ2v) is 4.10. The molecule has 0 saturated heterocycles. The van der Waals surface area contributed by atoms with Gasteiger partial charge in [0.1, 0.15) is 5.82 Å². The number of nitrogens with zero attached hydrogens (tertiary/aromatic N) is 2. The molecule has 0 aliphatic heterocycles. The van der Waals surface area contributed by atoms with Crippen LogP contribution in [0.25, 0.3) is 21.9 Å². The van der Waals surface area contributed by atoms with Crippen molar-refractivity contribution in [2.24, 2.45) is 0 Å². The Morgan fingerprint density at radius 3 is 2.94 bits per heavy atom. The van der Waals surface area contributed by atoms with Gasteiger partial charge >= 0.3 is 0 Å². The van der Waals surface area contributed by atoms with Crippen molar-refractivity contribution >= 4 is 21.9 Å². The van der Waals surface area contributed by atoms with Crippen molar-refractivity contribution in [1.82, 2.24) is 20.3 Å². The normalized spacial score (nSPS) is 11.2. The summed E-state index contributed by atoms with van der Waals surface area (Å²) in [6.07, 6.45) is 0. The standard InChI is InChI=1S/C13H12N4O/c1-14-7-11-16-12-9(13(18)17-11)6-8-4-2-3-5-10(8)15-12/h2-6,14H,7H2,1H3,(H,15,16,17,18). The van der Waals surface area contributed by atoms with Gasteiger partial charge in [-0.1, -0.05) is 18.2 Å². The summed E-state index contributed by atoms with van der Waals surface area (Å²) in [5.41, 5.74) is 1.18. The molecule has 0 saturated carbocycles. The van der Waals surface area contributed by atoms with E-state index in [-0.39, 0.29) is 5.56 Å². The maximum Gasteiger partial charge on any atom is 0.260 e. The molecule has 2 heterocycles. The Balaban J connectivity index is 2.35. The first-order valence-electron chi connectivity index (χ1n) is 5.71. The van der Waals surface area contributed by atoms with Crippen LogP contribution < -0.4 is 10.9 Å². The van der Waals surface area contributed by atoms with Gasteiger partial charge in [-0.2, -0.15) is 0 Å². The molecule has 2 aromatic heterocycles. The lowest BCUT2D eigenvalue weighted by atomic mass is 10.2. The molecule has 18 heavy (non-hydrogen) atoms. The van der Waals surface area contributed by atoms with E-state index in [1.54, 1.807) is 7.05 Å². The molecule has 0 aliphatic carbocycles. The van der Waals surface area contributed by atoms with Crippen molar-refractivity contribution in [3.63, 3.8) is 0 Å². The lowest BCUT2D eigenvalue weighted by Gasteiger charge is -2.03.